The van der Waals surface area contributed by atoms with E-state index in [4.69, 9.17) is 11.6 Å². The fourth-order valence-electron chi connectivity index (χ4n) is 3.88. The molecule has 0 N–H and O–H groups in total. The zero-order chi connectivity index (χ0) is 16.1. The zero-order valence-electron chi connectivity index (χ0n) is 13.8. The third-order valence-corrected chi connectivity index (χ3v) is 5.52. The van der Waals surface area contributed by atoms with E-state index < -0.39 is 0 Å². The van der Waals surface area contributed by atoms with Crippen molar-refractivity contribution in [3.63, 3.8) is 0 Å². The summed E-state index contributed by atoms with van der Waals surface area (Å²) < 4.78 is 0. The monoisotopic (exact) mass is 334 g/mol. The van der Waals surface area contributed by atoms with Crippen LogP contribution < -0.4 is 0 Å². The Morgan fingerprint density at radius 1 is 1.00 bits per heavy atom. The SMILES string of the molecule is O=C(CN1CCCC1c1ccccc1Cl)N1CCCCCCC1. The molecule has 1 unspecified atom stereocenters. The zero-order valence-corrected chi connectivity index (χ0v) is 14.6. The lowest BCUT2D eigenvalue weighted by Gasteiger charge is -2.30. The Labute approximate surface area is 144 Å². The molecule has 0 saturated carbocycles. The Bertz CT molecular complexity index is 526. The molecular weight excluding hydrogens is 308 g/mol. The molecule has 1 atom stereocenters. The molecule has 0 bridgehead atoms. The summed E-state index contributed by atoms with van der Waals surface area (Å²) in [6, 6.07) is 8.36. The molecule has 2 saturated heterocycles. The molecule has 1 aromatic carbocycles. The molecule has 2 fully saturated rings. The summed E-state index contributed by atoms with van der Waals surface area (Å²) in [5.41, 5.74) is 1.17. The molecule has 1 amide bonds. The van der Waals surface area contributed by atoms with E-state index in [9.17, 15) is 4.79 Å². The van der Waals surface area contributed by atoms with E-state index in [1.165, 1.54) is 24.8 Å². The predicted octanol–water partition coefficient (Wildman–Crippen LogP) is 4.27. The highest BCUT2D eigenvalue weighted by atomic mass is 35.5. The summed E-state index contributed by atoms with van der Waals surface area (Å²) in [6.45, 7) is 3.40. The molecule has 0 aliphatic carbocycles. The maximum absolute atomic E-state index is 12.7. The van der Waals surface area contributed by atoms with Crippen molar-refractivity contribution < 1.29 is 4.79 Å². The van der Waals surface area contributed by atoms with Gasteiger partial charge in [-0.25, -0.2) is 0 Å². The van der Waals surface area contributed by atoms with Crippen LogP contribution in [0.3, 0.4) is 0 Å². The first-order valence-corrected chi connectivity index (χ1v) is 9.40. The number of hydrogen-bond donors (Lipinski definition) is 0. The third kappa shape index (κ3) is 4.27. The van der Waals surface area contributed by atoms with Crippen LogP contribution in [0.5, 0.6) is 0 Å². The molecule has 0 radical (unpaired) electrons. The number of carbonyl (C=O) groups is 1. The van der Waals surface area contributed by atoms with Gasteiger partial charge in [-0.2, -0.15) is 0 Å². The molecule has 0 spiro atoms. The predicted molar refractivity (Wildman–Crippen MR) is 94.7 cm³/mol. The molecule has 2 aliphatic heterocycles. The van der Waals surface area contributed by atoms with Crippen LogP contribution in [0, 0.1) is 0 Å². The number of likely N-dealkylation sites (tertiary alicyclic amines) is 2. The molecule has 23 heavy (non-hydrogen) atoms. The van der Waals surface area contributed by atoms with Crippen LogP contribution in [0.25, 0.3) is 0 Å². The first-order chi connectivity index (χ1) is 11.3. The van der Waals surface area contributed by atoms with Gasteiger partial charge in [-0.15, -0.1) is 0 Å². The van der Waals surface area contributed by atoms with Gasteiger partial charge < -0.3 is 4.90 Å². The number of benzene rings is 1. The normalized spacial score (nSPS) is 23.5. The largest absolute Gasteiger partial charge is 0.342 e. The summed E-state index contributed by atoms with van der Waals surface area (Å²) >= 11 is 6.37. The number of halogens is 1. The number of rotatable bonds is 3. The van der Waals surface area contributed by atoms with E-state index >= 15 is 0 Å². The van der Waals surface area contributed by atoms with Crippen molar-refractivity contribution in [3.8, 4) is 0 Å². The van der Waals surface area contributed by atoms with Gasteiger partial charge in [0, 0.05) is 24.2 Å². The van der Waals surface area contributed by atoms with Gasteiger partial charge in [-0.3, -0.25) is 9.69 Å². The third-order valence-electron chi connectivity index (χ3n) is 5.18. The lowest BCUT2D eigenvalue weighted by atomic mass is 10.0. The van der Waals surface area contributed by atoms with Crippen molar-refractivity contribution in [3.05, 3.63) is 34.9 Å². The first-order valence-electron chi connectivity index (χ1n) is 9.02. The van der Waals surface area contributed by atoms with Crippen LogP contribution >= 0.6 is 11.6 Å². The van der Waals surface area contributed by atoms with Crippen LogP contribution in [0.2, 0.25) is 5.02 Å². The van der Waals surface area contributed by atoms with Crippen LogP contribution in [0.1, 0.15) is 56.6 Å². The van der Waals surface area contributed by atoms with E-state index in [0.717, 1.165) is 50.3 Å². The quantitative estimate of drug-likeness (QED) is 0.824. The lowest BCUT2D eigenvalue weighted by molar-refractivity contribution is -0.133. The Morgan fingerprint density at radius 2 is 1.70 bits per heavy atom. The van der Waals surface area contributed by atoms with Gasteiger partial charge in [0.05, 0.1) is 6.54 Å². The molecule has 2 heterocycles. The second-order valence-electron chi connectivity index (χ2n) is 6.80. The van der Waals surface area contributed by atoms with Crippen LogP contribution in [0.4, 0.5) is 0 Å². The minimum Gasteiger partial charge on any atom is -0.342 e. The minimum absolute atomic E-state index is 0.294. The Hall–Kier alpha value is -1.06. The van der Waals surface area contributed by atoms with Crippen molar-refractivity contribution >= 4 is 17.5 Å². The Kier molecular flexibility index (Phi) is 5.96. The smallest absolute Gasteiger partial charge is 0.236 e. The minimum atomic E-state index is 0.294. The number of amides is 1. The van der Waals surface area contributed by atoms with E-state index in [1.54, 1.807) is 0 Å². The van der Waals surface area contributed by atoms with Crippen molar-refractivity contribution in [2.24, 2.45) is 0 Å². The van der Waals surface area contributed by atoms with Crippen LogP contribution in [0.15, 0.2) is 24.3 Å². The number of carbonyl (C=O) groups excluding carboxylic acids is 1. The maximum atomic E-state index is 12.7. The number of nitrogens with zero attached hydrogens (tertiary/aromatic N) is 2. The van der Waals surface area contributed by atoms with E-state index in [-0.39, 0.29) is 0 Å². The van der Waals surface area contributed by atoms with Gasteiger partial charge >= 0.3 is 0 Å². The lowest BCUT2D eigenvalue weighted by Crippen LogP contribution is -2.41. The summed E-state index contributed by atoms with van der Waals surface area (Å²) in [4.78, 5) is 17.1. The highest BCUT2D eigenvalue weighted by Crippen LogP contribution is 2.35. The van der Waals surface area contributed by atoms with Gasteiger partial charge in [0.1, 0.15) is 0 Å². The second kappa shape index (κ2) is 8.16. The molecule has 1 aromatic rings. The Morgan fingerprint density at radius 3 is 2.43 bits per heavy atom. The maximum Gasteiger partial charge on any atom is 0.236 e. The van der Waals surface area contributed by atoms with Gasteiger partial charge in [-0.1, -0.05) is 49.1 Å². The molecule has 2 aliphatic rings. The van der Waals surface area contributed by atoms with E-state index in [0.29, 0.717) is 18.5 Å². The molecule has 3 rings (SSSR count). The summed E-state index contributed by atoms with van der Waals surface area (Å²) in [5, 5.41) is 0.822. The standard InChI is InChI=1S/C19H27ClN2O/c20-17-10-5-4-9-16(17)18-11-8-14-22(18)15-19(23)21-12-6-2-1-3-7-13-21/h4-5,9-10,18H,1-3,6-8,11-15H2. The summed E-state index contributed by atoms with van der Waals surface area (Å²) in [7, 11) is 0. The highest BCUT2D eigenvalue weighted by molar-refractivity contribution is 6.31. The molecule has 0 aromatic heterocycles. The second-order valence-corrected chi connectivity index (χ2v) is 7.21. The molecule has 3 nitrogen and oxygen atoms in total. The van der Waals surface area contributed by atoms with E-state index in [1.807, 2.05) is 18.2 Å². The van der Waals surface area contributed by atoms with Gasteiger partial charge in [-0.05, 0) is 43.9 Å². The van der Waals surface area contributed by atoms with Crippen LogP contribution in [-0.2, 0) is 4.79 Å². The summed E-state index contributed by atoms with van der Waals surface area (Å²) in [6.07, 6.45) is 8.38. The van der Waals surface area contributed by atoms with Gasteiger partial charge in [0.2, 0.25) is 5.91 Å². The fraction of sp³-hybridized carbons (Fsp3) is 0.632. The highest BCUT2D eigenvalue weighted by Gasteiger charge is 2.30. The average Bonchev–Trinajstić information content (AvgIpc) is 2.95. The first kappa shape index (κ1) is 16.8. The van der Waals surface area contributed by atoms with E-state index in [2.05, 4.69) is 15.9 Å². The fourth-order valence-corrected chi connectivity index (χ4v) is 4.15. The van der Waals surface area contributed by atoms with Gasteiger partial charge in [0.25, 0.3) is 0 Å². The number of hydrogen-bond acceptors (Lipinski definition) is 2. The molecular formula is C19H27ClN2O. The molecule has 4 heteroatoms. The average molecular weight is 335 g/mol. The topological polar surface area (TPSA) is 23.6 Å². The summed E-state index contributed by atoms with van der Waals surface area (Å²) in [5.74, 6) is 0.297. The molecule has 126 valence electrons. The Balaban J connectivity index is 1.64. The van der Waals surface area contributed by atoms with Crippen LogP contribution in [-0.4, -0.2) is 41.9 Å². The van der Waals surface area contributed by atoms with Crippen molar-refractivity contribution in [2.75, 3.05) is 26.2 Å². The van der Waals surface area contributed by atoms with Crippen molar-refractivity contribution in [1.29, 1.82) is 0 Å². The van der Waals surface area contributed by atoms with Gasteiger partial charge in [0.15, 0.2) is 0 Å². The van der Waals surface area contributed by atoms with Crippen molar-refractivity contribution in [2.45, 2.75) is 51.0 Å². The van der Waals surface area contributed by atoms with Crippen molar-refractivity contribution in [1.82, 2.24) is 9.80 Å².